The van der Waals surface area contributed by atoms with Crippen molar-refractivity contribution < 1.29 is 5.11 Å². The van der Waals surface area contributed by atoms with E-state index in [2.05, 4.69) is 49.8 Å². The van der Waals surface area contributed by atoms with Gasteiger partial charge < -0.3 is 25.6 Å². The number of fused-ring (bicyclic) bond motifs is 1. The summed E-state index contributed by atoms with van der Waals surface area (Å²) in [6.07, 6.45) is 7.11. The fraction of sp³-hybridized carbons (Fsp3) is 0.429. The van der Waals surface area contributed by atoms with E-state index < -0.39 is 0 Å². The van der Waals surface area contributed by atoms with E-state index in [-0.39, 0.29) is 6.10 Å². The van der Waals surface area contributed by atoms with Crippen LogP contribution in [0.25, 0.3) is 11.0 Å². The number of nitrogens with one attached hydrogen (secondary N) is 3. The molecule has 2 aliphatic rings. The molecule has 146 valence electrons. The molecular weight excluding hydrogens is 352 g/mol. The summed E-state index contributed by atoms with van der Waals surface area (Å²) in [5, 5.41) is 17.6. The van der Waals surface area contributed by atoms with Gasteiger partial charge in [0.25, 0.3) is 0 Å². The van der Waals surface area contributed by atoms with Crippen molar-refractivity contribution in [2.75, 3.05) is 28.6 Å². The van der Waals surface area contributed by atoms with Crippen LogP contribution in [0.4, 0.5) is 23.1 Å². The van der Waals surface area contributed by atoms with E-state index in [4.69, 9.17) is 4.98 Å². The number of aromatic amines is 1. The Kier molecular flexibility index (Phi) is 4.52. The minimum absolute atomic E-state index is 0.153. The zero-order valence-corrected chi connectivity index (χ0v) is 15.9. The summed E-state index contributed by atoms with van der Waals surface area (Å²) in [6, 6.07) is 10.9. The van der Waals surface area contributed by atoms with Gasteiger partial charge in [-0.15, -0.1) is 0 Å². The quantitative estimate of drug-likeness (QED) is 0.542. The average molecular weight is 378 g/mol. The summed E-state index contributed by atoms with van der Waals surface area (Å²) in [5.74, 6) is 1.48. The van der Waals surface area contributed by atoms with E-state index in [1.54, 1.807) is 0 Å². The molecule has 2 aromatic heterocycles. The minimum atomic E-state index is -0.153. The van der Waals surface area contributed by atoms with E-state index in [1.807, 2.05) is 12.3 Å². The largest absolute Gasteiger partial charge is 0.393 e. The first-order chi connectivity index (χ1) is 13.7. The molecule has 4 N–H and O–H groups in total. The predicted molar refractivity (Wildman–Crippen MR) is 112 cm³/mol. The molecule has 0 bridgehead atoms. The zero-order chi connectivity index (χ0) is 18.9. The summed E-state index contributed by atoms with van der Waals surface area (Å²) in [6.45, 7) is 1.80. The van der Waals surface area contributed by atoms with Gasteiger partial charge in [0, 0.05) is 36.7 Å². The molecule has 28 heavy (non-hydrogen) atoms. The van der Waals surface area contributed by atoms with E-state index in [0.717, 1.165) is 48.5 Å². The molecule has 0 radical (unpaired) electrons. The minimum Gasteiger partial charge on any atom is -0.393 e. The number of nitrogens with zero attached hydrogens (tertiary/aromatic N) is 3. The first kappa shape index (κ1) is 17.3. The number of aliphatic hydroxyl groups excluding tert-OH is 1. The molecule has 3 aromatic rings. The third-order valence-corrected chi connectivity index (χ3v) is 5.81. The van der Waals surface area contributed by atoms with Crippen molar-refractivity contribution in [3.63, 3.8) is 0 Å². The second-order valence-electron chi connectivity index (χ2n) is 7.80. The molecule has 1 saturated carbocycles. The number of benzene rings is 1. The maximum Gasteiger partial charge on any atom is 0.231 e. The Hall–Kier alpha value is -2.80. The monoisotopic (exact) mass is 378 g/mol. The van der Waals surface area contributed by atoms with Crippen LogP contribution in [-0.2, 0) is 0 Å². The van der Waals surface area contributed by atoms with Crippen molar-refractivity contribution in [3.8, 4) is 0 Å². The van der Waals surface area contributed by atoms with Gasteiger partial charge in [0.15, 0.2) is 0 Å². The molecule has 0 unspecified atom stereocenters. The number of anilines is 4. The highest BCUT2D eigenvalue weighted by Gasteiger charge is 2.20. The lowest BCUT2D eigenvalue weighted by Crippen LogP contribution is -2.35. The van der Waals surface area contributed by atoms with Gasteiger partial charge >= 0.3 is 0 Å². The van der Waals surface area contributed by atoms with Crippen LogP contribution in [0.2, 0.25) is 0 Å². The molecule has 1 aliphatic heterocycles. The highest BCUT2D eigenvalue weighted by Crippen LogP contribution is 2.28. The summed E-state index contributed by atoms with van der Waals surface area (Å²) in [7, 11) is 0. The first-order valence-corrected chi connectivity index (χ1v) is 10.2. The van der Waals surface area contributed by atoms with E-state index in [1.165, 1.54) is 24.9 Å². The van der Waals surface area contributed by atoms with E-state index >= 15 is 0 Å². The van der Waals surface area contributed by atoms with Crippen molar-refractivity contribution in [2.24, 2.45) is 0 Å². The smallest absolute Gasteiger partial charge is 0.231 e. The molecular formula is C21H26N6O. The van der Waals surface area contributed by atoms with Crippen molar-refractivity contribution in [1.29, 1.82) is 0 Å². The van der Waals surface area contributed by atoms with E-state index in [0.29, 0.717) is 12.0 Å². The number of aliphatic hydroxyl groups is 1. The fourth-order valence-corrected chi connectivity index (χ4v) is 3.86. The fourth-order valence-electron chi connectivity index (χ4n) is 3.86. The summed E-state index contributed by atoms with van der Waals surface area (Å²) < 4.78 is 0. The molecule has 5 rings (SSSR count). The Balaban J connectivity index is 1.33. The molecule has 3 heterocycles. The van der Waals surface area contributed by atoms with Crippen molar-refractivity contribution in [1.82, 2.24) is 15.0 Å². The predicted octanol–water partition coefficient (Wildman–Crippen LogP) is 3.63. The standard InChI is InChI=1S/C21H26N6O/c28-17-9-12-27(13-10-17)16-6-4-15(5-7-16)24-21-25-19-18(8-11-22-19)20(26-21)23-14-2-1-3-14/h4-8,11,14,17,28H,1-3,9-10,12-13H2,(H3,22,23,24,25,26). The molecule has 1 aromatic carbocycles. The van der Waals surface area contributed by atoms with Gasteiger partial charge in [-0.2, -0.15) is 9.97 Å². The van der Waals surface area contributed by atoms with E-state index in [9.17, 15) is 5.11 Å². The Morgan fingerprint density at radius 2 is 1.79 bits per heavy atom. The van der Waals surface area contributed by atoms with Gasteiger partial charge in [-0.3, -0.25) is 0 Å². The highest BCUT2D eigenvalue weighted by molar-refractivity contribution is 5.88. The molecule has 0 atom stereocenters. The Morgan fingerprint density at radius 3 is 2.50 bits per heavy atom. The lowest BCUT2D eigenvalue weighted by molar-refractivity contribution is 0.145. The lowest BCUT2D eigenvalue weighted by Gasteiger charge is -2.31. The lowest BCUT2D eigenvalue weighted by atomic mass is 9.93. The molecule has 7 nitrogen and oxygen atoms in total. The molecule has 1 aliphatic carbocycles. The van der Waals surface area contributed by atoms with Gasteiger partial charge in [0.2, 0.25) is 5.95 Å². The average Bonchev–Trinajstić information content (AvgIpc) is 3.15. The molecule has 0 spiro atoms. The highest BCUT2D eigenvalue weighted by atomic mass is 16.3. The zero-order valence-electron chi connectivity index (χ0n) is 15.9. The van der Waals surface area contributed by atoms with Crippen LogP contribution < -0.4 is 15.5 Å². The normalized spacial score (nSPS) is 18.2. The third kappa shape index (κ3) is 3.49. The second-order valence-corrected chi connectivity index (χ2v) is 7.80. The van der Waals surface area contributed by atoms with Crippen molar-refractivity contribution in [3.05, 3.63) is 36.5 Å². The van der Waals surface area contributed by atoms with Crippen molar-refractivity contribution in [2.45, 2.75) is 44.2 Å². The molecule has 1 saturated heterocycles. The first-order valence-electron chi connectivity index (χ1n) is 10.2. The summed E-state index contributed by atoms with van der Waals surface area (Å²) in [5.41, 5.74) is 2.98. The SMILES string of the molecule is OC1CCN(c2ccc(Nc3nc(NC4CCC4)c4cc[nH]c4n3)cc2)CC1. The van der Waals surface area contributed by atoms with Crippen LogP contribution in [-0.4, -0.2) is 45.3 Å². The second kappa shape index (κ2) is 7.31. The van der Waals surface area contributed by atoms with Gasteiger partial charge in [0.05, 0.1) is 11.5 Å². The maximum atomic E-state index is 9.68. The van der Waals surface area contributed by atoms with Crippen LogP contribution in [0.1, 0.15) is 32.1 Å². The topological polar surface area (TPSA) is 89.1 Å². The van der Waals surface area contributed by atoms with Gasteiger partial charge in [-0.05, 0) is 62.4 Å². The van der Waals surface area contributed by atoms with Gasteiger partial charge in [0.1, 0.15) is 11.5 Å². The van der Waals surface area contributed by atoms with Crippen LogP contribution in [0.3, 0.4) is 0 Å². The maximum absolute atomic E-state index is 9.68. The van der Waals surface area contributed by atoms with Gasteiger partial charge in [-0.25, -0.2) is 0 Å². The Morgan fingerprint density at radius 1 is 1.00 bits per heavy atom. The molecule has 0 amide bonds. The summed E-state index contributed by atoms with van der Waals surface area (Å²) >= 11 is 0. The number of piperidine rings is 1. The number of H-pyrrole nitrogens is 1. The number of hydrogen-bond donors (Lipinski definition) is 4. The van der Waals surface area contributed by atoms with Crippen LogP contribution in [0.5, 0.6) is 0 Å². The summed E-state index contributed by atoms with van der Waals surface area (Å²) in [4.78, 5) is 14.8. The number of rotatable bonds is 5. The van der Waals surface area contributed by atoms with Crippen LogP contribution in [0.15, 0.2) is 36.5 Å². The van der Waals surface area contributed by atoms with Crippen molar-refractivity contribution >= 4 is 34.2 Å². The van der Waals surface area contributed by atoms with Crippen LogP contribution >= 0.6 is 0 Å². The van der Waals surface area contributed by atoms with Crippen LogP contribution in [0, 0.1) is 0 Å². The Bertz CT molecular complexity index is 941. The molecule has 2 fully saturated rings. The van der Waals surface area contributed by atoms with Gasteiger partial charge in [-0.1, -0.05) is 0 Å². The number of hydrogen-bond acceptors (Lipinski definition) is 6. The Labute approximate surface area is 164 Å². The number of aromatic nitrogens is 3. The third-order valence-electron chi connectivity index (χ3n) is 5.81. The molecule has 7 heteroatoms.